The van der Waals surface area contributed by atoms with Gasteiger partial charge in [0, 0.05) is 37.1 Å². The molecule has 0 saturated heterocycles. The summed E-state index contributed by atoms with van der Waals surface area (Å²) in [5.41, 5.74) is 4.05. The summed E-state index contributed by atoms with van der Waals surface area (Å²) < 4.78 is 7.50. The lowest BCUT2D eigenvalue weighted by atomic mass is 9.90. The minimum atomic E-state index is -0.383. The third kappa shape index (κ3) is 5.77. The number of halogens is 1. The molecule has 0 fully saturated rings. The smallest absolute Gasteiger partial charge is 0.235 e. The number of rotatable bonds is 10. The number of hydrogen-bond acceptors (Lipinski definition) is 2. The van der Waals surface area contributed by atoms with E-state index < -0.39 is 0 Å². The number of methoxy groups -OCH3 is 1. The van der Waals surface area contributed by atoms with Crippen molar-refractivity contribution in [2.45, 2.75) is 19.0 Å². The Bertz CT molecular complexity index is 1150. The first-order valence-corrected chi connectivity index (χ1v) is 11.8. The normalized spacial score (nSPS) is 11.0. The first-order chi connectivity index (χ1) is 16.7. The third-order valence-corrected chi connectivity index (χ3v) is 6.33. The fourth-order valence-electron chi connectivity index (χ4n) is 4.17. The Hall–Kier alpha value is -3.34. The van der Waals surface area contributed by atoms with Crippen molar-refractivity contribution in [2.75, 3.05) is 20.3 Å². The number of nitrogens with zero attached hydrogens (tertiary/aromatic N) is 2. The molecule has 0 radical (unpaired) electrons. The fourth-order valence-corrected chi connectivity index (χ4v) is 4.37. The summed E-state index contributed by atoms with van der Waals surface area (Å²) in [5, 5.41) is 0.739. The van der Waals surface area contributed by atoms with E-state index in [4.69, 9.17) is 16.3 Å². The Kier molecular flexibility index (Phi) is 8.18. The van der Waals surface area contributed by atoms with Crippen LogP contribution < -0.4 is 0 Å². The van der Waals surface area contributed by atoms with Crippen LogP contribution in [0.5, 0.6) is 0 Å². The Balaban J connectivity index is 1.63. The molecular weight excluding hydrogens is 444 g/mol. The van der Waals surface area contributed by atoms with E-state index in [0.717, 1.165) is 27.4 Å². The van der Waals surface area contributed by atoms with Gasteiger partial charge in [0.15, 0.2) is 0 Å². The summed E-state index contributed by atoms with van der Waals surface area (Å²) in [4.78, 5) is 15.9. The van der Waals surface area contributed by atoms with Crippen molar-refractivity contribution in [3.63, 3.8) is 0 Å². The minimum absolute atomic E-state index is 0.0555. The van der Waals surface area contributed by atoms with Gasteiger partial charge in [0.05, 0.1) is 19.1 Å². The topological polar surface area (TPSA) is 34.5 Å². The molecule has 0 aliphatic heterocycles. The van der Waals surface area contributed by atoms with Gasteiger partial charge in [-0.3, -0.25) is 4.79 Å². The van der Waals surface area contributed by atoms with Gasteiger partial charge in [-0.2, -0.15) is 0 Å². The quantitative estimate of drug-likeness (QED) is 0.284. The average molecular weight is 473 g/mol. The predicted octanol–water partition coefficient (Wildman–Crippen LogP) is 6.00. The summed E-state index contributed by atoms with van der Waals surface area (Å²) in [5.74, 6) is -0.328. The molecule has 34 heavy (non-hydrogen) atoms. The zero-order valence-corrected chi connectivity index (χ0v) is 20.1. The highest BCUT2D eigenvalue weighted by molar-refractivity contribution is 6.31. The average Bonchev–Trinajstić information content (AvgIpc) is 3.31. The van der Waals surface area contributed by atoms with Gasteiger partial charge in [0.25, 0.3) is 0 Å². The van der Waals surface area contributed by atoms with Crippen LogP contribution in [0.15, 0.2) is 103 Å². The van der Waals surface area contributed by atoms with Crippen molar-refractivity contribution in [3.8, 4) is 0 Å². The molecule has 5 heteroatoms. The van der Waals surface area contributed by atoms with Crippen LogP contribution in [0.3, 0.4) is 0 Å². The monoisotopic (exact) mass is 472 g/mol. The lowest BCUT2D eigenvalue weighted by molar-refractivity contribution is -0.133. The van der Waals surface area contributed by atoms with Crippen molar-refractivity contribution in [1.82, 2.24) is 9.47 Å². The largest absolute Gasteiger partial charge is 0.383 e. The van der Waals surface area contributed by atoms with Crippen molar-refractivity contribution in [3.05, 3.63) is 131 Å². The molecule has 0 N–H and O–H groups in total. The fraction of sp³-hybridized carbons (Fsp3) is 0.207. The van der Waals surface area contributed by atoms with Crippen LogP contribution in [-0.4, -0.2) is 35.6 Å². The van der Waals surface area contributed by atoms with Crippen molar-refractivity contribution >= 4 is 17.5 Å². The predicted molar refractivity (Wildman–Crippen MR) is 137 cm³/mol. The third-order valence-electron chi connectivity index (χ3n) is 5.96. The van der Waals surface area contributed by atoms with Crippen LogP contribution in [0.2, 0.25) is 5.02 Å². The molecule has 4 rings (SSSR count). The first-order valence-electron chi connectivity index (χ1n) is 11.4. The van der Waals surface area contributed by atoms with Gasteiger partial charge in [-0.15, -0.1) is 0 Å². The minimum Gasteiger partial charge on any atom is -0.383 e. The molecule has 1 amide bonds. The molecule has 4 aromatic rings. The number of amides is 1. The highest BCUT2D eigenvalue weighted by Gasteiger charge is 2.28. The van der Waals surface area contributed by atoms with Crippen molar-refractivity contribution < 1.29 is 9.53 Å². The number of hydrogen-bond donors (Lipinski definition) is 0. The molecule has 1 heterocycles. The molecule has 0 atom stereocenters. The van der Waals surface area contributed by atoms with E-state index in [1.807, 2.05) is 102 Å². The molecule has 0 spiro atoms. The summed E-state index contributed by atoms with van der Waals surface area (Å²) in [7, 11) is 1.66. The number of carbonyl (C=O) groups is 1. The summed E-state index contributed by atoms with van der Waals surface area (Å²) in [6.07, 6.45) is 2.03. The van der Waals surface area contributed by atoms with E-state index in [0.29, 0.717) is 26.2 Å². The van der Waals surface area contributed by atoms with E-state index in [2.05, 4.69) is 10.6 Å². The Labute approximate surface area is 206 Å². The Morgan fingerprint density at radius 2 is 1.50 bits per heavy atom. The second-order valence-corrected chi connectivity index (χ2v) is 8.63. The summed E-state index contributed by atoms with van der Waals surface area (Å²) in [6.45, 7) is 2.10. The van der Waals surface area contributed by atoms with Gasteiger partial charge in [-0.05, 0) is 34.9 Å². The van der Waals surface area contributed by atoms with Crippen LogP contribution in [0.1, 0.15) is 28.3 Å². The first kappa shape index (κ1) is 23.8. The van der Waals surface area contributed by atoms with Gasteiger partial charge in [-0.25, -0.2) is 0 Å². The molecule has 0 bridgehead atoms. The zero-order chi connectivity index (χ0) is 23.8. The lowest BCUT2D eigenvalue weighted by Crippen LogP contribution is -2.38. The SMILES string of the molecule is COCCN(Cc1cccn1Cc1ccccc1Cl)C(=O)C(c1ccccc1)c1ccccc1. The second-order valence-electron chi connectivity index (χ2n) is 8.23. The van der Waals surface area contributed by atoms with Crippen molar-refractivity contribution in [1.29, 1.82) is 0 Å². The van der Waals surface area contributed by atoms with Gasteiger partial charge >= 0.3 is 0 Å². The lowest BCUT2D eigenvalue weighted by Gasteiger charge is -2.28. The molecule has 0 unspecified atom stereocenters. The molecule has 1 aromatic heterocycles. The Morgan fingerprint density at radius 3 is 2.12 bits per heavy atom. The number of ether oxygens (including phenoxy) is 1. The van der Waals surface area contributed by atoms with E-state index in [1.165, 1.54) is 0 Å². The van der Waals surface area contributed by atoms with Crippen molar-refractivity contribution in [2.24, 2.45) is 0 Å². The van der Waals surface area contributed by atoms with Crippen LogP contribution in [0.4, 0.5) is 0 Å². The van der Waals surface area contributed by atoms with Gasteiger partial charge in [-0.1, -0.05) is 90.5 Å². The Morgan fingerprint density at radius 1 is 0.882 bits per heavy atom. The molecular formula is C29H29ClN2O2. The van der Waals surface area contributed by atoms with Crippen LogP contribution in [0.25, 0.3) is 0 Å². The van der Waals surface area contributed by atoms with Gasteiger partial charge in [0.1, 0.15) is 0 Å². The van der Waals surface area contributed by atoms with Crippen LogP contribution in [-0.2, 0) is 22.6 Å². The number of carbonyl (C=O) groups excluding carboxylic acids is 1. The van der Waals surface area contributed by atoms with Gasteiger partial charge in [0.2, 0.25) is 5.91 Å². The van der Waals surface area contributed by atoms with E-state index in [1.54, 1.807) is 7.11 Å². The molecule has 0 saturated carbocycles. The second kappa shape index (κ2) is 11.7. The molecule has 3 aromatic carbocycles. The van der Waals surface area contributed by atoms with Crippen LogP contribution in [0, 0.1) is 0 Å². The van der Waals surface area contributed by atoms with E-state index in [9.17, 15) is 4.79 Å². The highest BCUT2D eigenvalue weighted by Crippen LogP contribution is 2.28. The molecule has 4 nitrogen and oxygen atoms in total. The molecule has 0 aliphatic rings. The van der Waals surface area contributed by atoms with Gasteiger partial charge < -0.3 is 14.2 Å². The summed E-state index contributed by atoms with van der Waals surface area (Å²) in [6, 6.07) is 31.9. The highest BCUT2D eigenvalue weighted by atomic mass is 35.5. The summed E-state index contributed by atoms with van der Waals surface area (Å²) >= 11 is 6.40. The maximum atomic E-state index is 14.0. The maximum absolute atomic E-state index is 14.0. The molecule has 0 aliphatic carbocycles. The van der Waals surface area contributed by atoms with E-state index >= 15 is 0 Å². The van der Waals surface area contributed by atoms with Crippen LogP contribution >= 0.6 is 11.6 Å². The number of benzene rings is 3. The maximum Gasteiger partial charge on any atom is 0.235 e. The standard InChI is InChI=1S/C29H29ClN2O2/c1-34-20-19-32(22-26-16-10-18-31(26)21-25-15-8-9-17-27(25)30)29(33)28(23-11-4-2-5-12-23)24-13-6-3-7-14-24/h2-18,28H,19-22H2,1H3. The molecule has 174 valence electrons. The van der Waals surface area contributed by atoms with E-state index in [-0.39, 0.29) is 11.8 Å². The zero-order valence-electron chi connectivity index (χ0n) is 19.3. The number of aromatic nitrogens is 1.